The molecule has 0 aliphatic rings. The molecule has 0 aliphatic carbocycles. The Labute approximate surface area is 168 Å². The smallest absolute Gasteiger partial charge is 0.387 e. The molecule has 0 aromatic heterocycles. The molecule has 1 amide bonds. The molecule has 0 fully saturated rings. The van der Waals surface area contributed by atoms with E-state index < -0.39 is 12.5 Å². The predicted octanol–water partition coefficient (Wildman–Crippen LogP) is 4.20. The molecular formula is C21H23F2NO5. The standard InChI is InChI=1S/C21H23F2NO5/c1-13(16-12-15(26-2)9-10-17(16)27-3)24-19(25)11-8-14-6-5-7-18(28-4)20(14)29-21(22)23/h5-13,21H,1-4H3,(H,24,25)/b11-8+/t13-/m1/s1. The van der Waals surface area contributed by atoms with Gasteiger partial charge in [-0.15, -0.1) is 0 Å². The Morgan fingerprint density at radius 2 is 1.76 bits per heavy atom. The van der Waals surface area contributed by atoms with E-state index in [1.165, 1.54) is 32.4 Å². The number of hydrogen-bond donors (Lipinski definition) is 1. The van der Waals surface area contributed by atoms with Crippen LogP contribution in [-0.4, -0.2) is 33.8 Å². The number of carbonyl (C=O) groups excluding carboxylic acids is 1. The van der Waals surface area contributed by atoms with E-state index in [4.69, 9.17) is 14.2 Å². The van der Waals surface area contributed by atoms with Crippen LogP contribution in [-0.2, 0) is 4.79 Å². The van der Waals surface area contributed by atoms with Crippen molar-refractivity contribution in [1.29, 1.82) is 0 Å². The van der Waals surface area contributed by atoms with Crippen LogP contribution in [0.4, 0.5) is 8.78 Å². The monoisotopic (exact) mass is 407 g/mol. The Bertz CT molecular complexity index is 870. The summed E-state index contributed by atoms with van der Waals surface area (Å²) in [5.74, 6) is 0.803. The maximum atomic E-state index is 12.7. The molecular weight excluding hydrogens is 384 g/mol. The molecule has 2 aromatic rings. The van der Waals surface area contributed by atoms with Gasteiger partial charge in [0.2, 0.25) is 5.91 Å². The van der Waals surface area contributed by atoms with Crippen molar-refractivity contribution in [3.05, 3.63) is 53.6 Å². The number of para-hydroxylation sites is 1. The number of benzene rings is 2. The molecule has 0 radical (unpaired) electrons. The van der Waals surface area contributed by atoms with Crippen LogP contribution >= 0.6 is 0 Å². The summed E-state index contributed by atoms with van der Waals surface area (Å²) in [6.45, 7) is -1.23. The Kier molecular flexibility index (Phi) is 7.82. The molecule has 6 nitrogen and oxygen atoms in total. The molecule has 29 heavy (non-hydrogen) atoms. The van der Waals surface area contributed by atoms with Gasteiger partial charge in [-0.1, -0.05) is 12.1 Å². The number of amides is 1. The summed E-state index contributed by atoms with van der Waals surface area (Å²) in [6, 6.07) is 9.52. The van der Waals surface area contributed by atoms with Gasteiger partial charge < -0.3 is 24.3 Å². The fourth-order valence-corrected chi connectivity index (χ4v) is 2.72. The number of hydrogen-bond acceptors (Lipinski definition) is 5. The topological polar surface area (TPSA) is 66.0 Å². The summed E-state index contributed by atoms with van der Waals surface area (Å²) >= 11 is 0. The van der Waals surface area contributed by atoms with Crippen molar-refractivity contribution in [2.45, 2.75) is 19.6 Å². The van der Waals surface area contributed by atoms with Crippen LogP contribution in [0.1, 0.15) is 24.1 Å². The third-order valence-corrected chi connectivity index (χ3v) is 4.11. The van der Waals surface area contributed by atoms with Crippen LogP contribution in [0.5, 0.6) is 23.0 Å². The molecule has 0 saturated carbocycles. The molecule has 8 heteroatoms. The van der Waals surface area contributed by atoms with Crippen LogP contribution < -0.4 is 24.3 Å². The number of carbonyl (C=O) groups is 1. The summed E-state index contributed by atoms with van der Waals surface area (Å²) < 4.78 is 45.5. The van der Waals surface area contributed by atoms with E-state index in [0.717, 1.165) is 5.56 Å². The number of ether oxygens (including phenoxy) is 4. The van der Waals surface area contributed by atoms with Crippen LogP contribution in [0.2, 0.25) is 0 Å². The highest BCUT2D eigenvalue weighted by Crippen LogP contribution is 2.33. The van der Waals surface area contributed by atoms with Gasteiger partial charge in [0.05, 0.1) is 27.4 Å². The average Bonchev–Trinajstić information content (AvgIpc) is 2.71. The lowest BCUT2D eigenvalue weighted by atomic mass is 10.1. The number of halogens is 2. The summed E-state index contributed by atoms with van der Waals surface area (Å²) in [4.78, 5) is 12.4. The summed E-state index contributed by atoms with van der Waals surface area (Å²) in [7, 11) is 4.43. The Hall–Kier alpha value is -3.29. The molecule has 156 valence electrons. The van der Waals surface area contributed by atoms with Crippen molar-refractivity contribution in [1.82, 2.24) is 5.32 Å². The largest absolute Gasteiger partial charge is 0.497 e. The van der Waals surface area contributed by atoms with Crippen molar-refractivity contribution in [3.63, 3.8) is 0 Å². The van der Waals surface area contributed by atoms with Gasteiger partial charge in [0, 0.05) is 17.2 Å². The van der Waals surface area contributed by atoms with E-state index in [2.05, 4.69) is 10.1 Å². The molecule has 0 unspecified atom stereocenters. The van der Waals surface area contributed by atoms with Crippen LogP contribution in [0.25, 0.3) is 6.08 Å². The van der Waals surface area contributed by atoms with Gasteiger partial charge in [0.1, 0.15) is 11.5 Å². The summed E-state index contributed by atoms with van der Waals surface area (Å²) in [6.07, 6.45) is 2.61. The minimum Gasteiger partial charge on any atom is -0.497 e. The lowest BCUT2D eigenvalue weighted by Crippen LogP contribution is -2.25. The highest BCUT2D eigenvalue weighted by Gasteiger charge is 2.16. The summed E-state index contributed by atoms with van der Waals surface area (Å²) in [5.41, 5.74) is 1.02. The number of nitrogens with one attached hydrogen (secondary N) is 1. The first-order valence-corrected chi connectivity index (χ1v) is 8.71. The zero-order chi connectivity index (χ0) is 21.4. The zero-order valence-corrected chi connectivity index (χ0v) is 16.6. The van der Waals surface area contributed by atoms with Crippen molar-refractivity contribution < 1.29 is 32.5 Å². The highest BCUT2D eigenvalue weighted by molar-refractivity contribution is 5.92. The molecule has 0 spiro atoms. The van der Waals surface area contributed by atoms with Gasteiger partial charge >= 0.3 is 6.61 Å². The third-order valence-electron chi connectivity index (χ3n) is 4.11. The molecule has 1 atom stereocenters. The molecule has 0 heterocycles. The Morgan fingerprint density at radius 3 is 2.38 bits per heavy atom. The SMILES string of the molecule is COc1ccc(OC)c([C@@H](C)NC(=O)/C=C/c2cccc(OC)c2OC(F)F)c1. The Balaban J connectivity index is 2.18. The average molecular weight is 407 g/mol. The second-order valence-electron chi connectivity index (χ2n) is 5.93. The second kappa shape index (κ2) is 10.3. The fraction of sp³-hybridized carbons (Fsp3) is 0.286. The first-order valence-electron chi connectivity index (χ1n) is 8.71. The maximum absolute atomic E-state index is 12.7. The molecule has 1 N–H and O–H groups in total. The number of rotatable bonds is 9. The van der Waals surface area contributed by atoms with Crippen LogP contribution in [0.3, 0.4) is 0 Å². The van der Waals surface area contributed by atoms with Gasteiger partial charge in [-0.2, -0.15) is 8.78 Å². The summed E-state index contributed by atoms with van der Waals surface area (Å²) in [5, 5.41) is 2.80. The van der Waals surface area contributed by atoms with Gasteiger partial charge in [0.25, 0.3) is 0 Å². The lowest BCUT2D eigenvalue weighted by molar-refractivity contribution is -0.117. The fourth-order valence-electron chi connectivity index (χ4n) is 2.72. The molecule has 0 saturated heterocycles. The van der Waals surface area contributed by atoms with Gasteiger partial charge in [0.15, 0.2) is 11.5 Å². The van der Waals surface area contributed by atoms with E-state index in [0.29, 0.717) is 11.5 Å². The van der Waals surface area contributed by atoms with E-state index >= 15 is 0 Å². The van der Waals surface area contributed by atoms with Crippen molar-refractivity contribution in [2.24, 2.45) is 0 Å². The molecule has 0 bridgehead atoms. The van der Waals surface area contributed by atoms with Gasteiger partial charge in [-0.05, 0) is 37.3 Å². The molecule has 0 aliphatic heterocycles. The quantitative estimate of drug-likeness (QED) is 0.631. The zero-order valence-electron chi connectivity index (χ0n) is 16.6. The first kappa shape index (κ1) is 22.0. The number of alkyl halides is 2. The minimum atomic E-state index is -3.02. The van der Waals surface area contributed by atoms with Crippen molar-refractivity contribution in [3.8, 4) is 23.0 Å². The van der Waals surface area contributed by atoms with Gasteiger partial charge in [-0.3, -0.25) is 4.79 Å². The van der Waals surface area contributed by atoms with Crippen molar-refractivity contribution >= 4 is 12.0 Å². The number of methoxy groups -OCH3 is 3. The Morgan fingerprint density at radius 1 is 1.03 bits per heavy atom. The van der Waals surface area contributed by atoms with E-state index in [-0.39, 0.29) is 23.1 Å². The third kappa shape index (κ3) is 5.84. The highest BCUT2D eigenvalue weighted by atomic mass is 19.3. The first-order chi connectivity index (χ1) is 13.9. The second-order valence-corrected chi connectivity index (χ2v) is 5.93. The minimum absolute atomic E-state index is 0.141. The molecule has 2 rings (SSSR count). The lowest BCUT2D eigenvalue weighted by Gasteiger charge is -2.17. The van der Waals surface area contributed by atoms with Crippen LogP contribution in [0, 0.1) is 0 Å². The van der Waals surface area contributed by atoms with E-state index in [9.17, 15) is 13.6 Å². The maximum Gasteiger partial charge on any atom is 0.387 e. The van der Waals surface area contributed by atoms with Crippen molar-refractivity contribution in [2.75, 3.05) is 21.3 Å². The molecule has 2 aromatic carbocycles. The normalized spacial score (nSPS) is 12.0. The van der Waals surface area contributed by atoms with E-state index in [1.807, 2.05) is 0 Å². The van der Waals surface area contributed by atoms with E-state index in [1.54, 1.807) is 44.4 Å². The predicted molar refractivity (Wildman–Crippen MR) is 105 cm³/mol. The van der Waals surface area contributed by atoms with Crippen LogP contribution in [0.15, 0.2) is 42.5 Å². The van der Waals surface area contributed by atoms with Gasteiger partial charge in [-0.25, -0.2) is 0 Å².